The SMILES string of the molecule is CCCC(C(=O)OCC1O[C@H](C)C(C)C(OC2OC(C(=O)O)C(OC)C(O)C2O)C1O)[C@H](C)C(=O)O. The number of esters is 1. The van der Waals surface area contributed by atoms with E-state index < -0.39 is 90.8 Å². The summed E-state index contributed by atoms with van der Waals surface area (Å²) in [6.45, 7) is 6.25. The van der Waals surface area contributed by atoms with Crippen LogP contribution in [0, 0.1) is 17.8 Å². The van der Waals surface area contributed by atoms with E-state index in [-0.39, 0.29) is 6.61 Å². The highest BCUT2D eigenvalue weighted by Crippen LogP contribution is 2.33. The maximum absolute atomic E-state index is 12.6. The number of aliphatic hydroxyl groups excluding tert-OH is 3. The second-order valence-corrected chi connectivity index (χ2v) is 9.43. The predicted octanol–water partition coefficient (Wildman–Crippen LogP) is -0.618. The number of ether oxygens (including phenoxy) is 5. The molecule has 2 fully saturated rings. The van der Waals surface area contributed by atoms with Crippen LogP contribution in [0.15, 0.2) is 0 Å². The highest BCUT2D eigenvalue weighted by atomic mass is 16.7. The van der Waals surface area contributed by atoms with Crippen LogP contribution in [-0.4, -0.2) is 112 Å². The van der Waals surface area contributed by atoms with Crippen LogP contribution in [0.4, 0.5) is 0 Å². The smallest absolute Gasteiger partial charge is 0.335 e. The number of rotatable bonds is 11. The van der Waals surface area contributed by atoms with Gasteiger partial charge in [-0.3, -0.25) is 9.59 Å². The highest BCUT2D eigenvalue weighted by Gasteiger charge is 2.51. The maximum atomic E-state index is 12.6. The molecule has 0 radical (unpaired) electrons. The van der Waals surface area contributed by atoms with Crippen molar-refractivity contribution >= 4 is 17.9 Å². The first-order valence-electron chi connectivity index (χ1n) is 12.0. The van der Waals surface area contributed by atoms with Crippen molar-refractivity contribution in [3.8, 4) is 0 Å². The van der Waals surface area contributed by atoms with Crippen LogP contribution >= 0.6 is 0 Å². The van der Waals surface area contributed by atoms with Crippen LogP contribution in [0.1, 0.15) is 40.5 Å². The molecule has 0 amide bonds. The van der Waals surface area contributed by atoms with E-state index in [1.54, 1.807) is 13.8 Å². The maximum Gasteiger partial charge on any atom is 0.335 e. The first-order valence-corrected chi connectivity index (χ1v) is 12.0. The Hall–Kier alpha value is -1.87. The molecule has 0 aromatic carbocycles. The number of carbonyl (C=O) groups excluding carboxylic acids is 1. The third-order valence-electron chi connectivity index (χ3n) is 7.00. The van der Waals surface area contributed by atoms with Gasteiger partial charge in [-0.1, -0.05) is 27.2 Å². The molecule has 0 saturated carbocycles. The van der Waals surface area contributed by atoms with Gasteiger partial charge in [0, 0.05) is 13.0 Å². The molecule has 2 heterocycles. The van der Waals surface area contributed by atoms with Crippen LogP contribution in [-0.2, 0) is 38.1 Å². The number of carbonyl (C=O) groups is 3. The topological polar surface area (TPSA) is 199 Å². The molecule has 0 aromatic rings. The Morgan fingerprint density at radius 3 is 2.14 bits per heavy atom. The number of carboxylic acids is 2. The summed E-state index contributed by atoms with van der Waals surface area (Å²) in [5, 5.41) is 50.4. The molecule has 0 spiro atoms. The lowest BCUT2D eigenvalue weighted by molar-refractivity contribution is -0.331. The van der Waals surface area contributed by atoms with E-state index in [1.807, 2.05) is 6.92 Å². The summed E-state index contributed by atoms with van der Waals surface area (Å²) in [6, 6.07) is 0. The fourth-order valence-corrected chi connectivity index (χ4v) is 4.50. The van der Waals surface area contributed by atoms with E-state index in [1.165, 1.54) is 14.0 Å². The first kappa shape index (κ1) is 30.4. The third-order valence-corrected chi connectivity index (χ3v) is 7.00. The highest BCUT2D eigenvalue weighted by molar-refractivity contribution is 5.80. The molecule has 13 heteroatoms. The van der Waals surface area contributed by atoms with Crippen molar-refractivity contribution in [3.05, 3.63) is 0 Å². The van der Waals surface area contributed by atoms with Gasteiger partial charge in [0.25, 0.3) is 0 Å². The van der Waals surface area contributed by atoms with Crippen molar-refractivity contribution in [1.29, 1.82) is 0 Å². The molecule has 2 rings (SSSR count). The Morgan fingerprint density at radius 2 is 1.61 bits per heavy atom. The zero-order chi connectivity index (χ0) is 27.3. The van der Waals surface area contributed by atoms with Gasteiger partial charge >= 0.3 is 17.9 Å². The van der Waals surface area contributed by atoms with E-state index in [2.05, 4.69) is 0 Å². The van der Waals surface area contributed by atoms with E-state index in [0.29, 0.717) is 12.8 Å². The van der Waals surface area contributed by atoms with Crippen LogP contribution < -0.4 is 0 Å². The fraction of sp³-hybridized carbons (Fsp3) is 0.870. The van der Waals surface area contributed by atoms with Gasteiger partial charge in [-0.25, -0.2) is 4.79 Å². The Kier molecular flexibility index (Phi) is 11.0. The van der Waals surface area contributed by atoms with Gasteiger partial charge in [0.15, 0.2) is 12.4 Å². The number of hydrogen-bond acceptors (Lipinski definition) is 11. The lowest BCUT2D eigenvalue weighted by Gasteiger charge is -2.46. The minimum Gasteiger partial charge on any atom is -0.481 e. The van der Waals surface area contributed by atoms with Crippen molar-refractivity contribution < 1.29 is 63.6 Å². The zero-order valence-corrected chi connectivity index (χ0v) is 21.1. The molecule has 12 atom stereocenters. The summed E-state index contributed by atoms with van der Waals surface area (Å²) in [5.74, 6) is -5.58. The molecule has 13 nitrogen and oxygen atoms in total. The van der Waals surface area contributed by atoms with E-state index >= 15 is 0 Å². The summed E-state index contributed by atoms with van der Waals surface area (Å²) in [7, 11) is 1.17. The van der Waals surface area contributed by atoms with Gasteiger partial charge in [-0.15, -0.1) is 0 Å². The first-order chi connectivity index (χ1) is 16.8. The Morgan fingerprint density at radius 1 is 0.972 bits per heavy atom. The second kappa shape index (κ2) is 13.1. The van der Waals surface area contributed by atoms with Crippen molar-refractivity contribution in [3.63, 3.8) is 0 Å². The zero-order valence-electron chi connectivity index (χ0n) is 21.1. The molecule has 36 heavy (non-hydrogen) atoms. The molecule has 2 aliphatic rings. The van der Waals surface area contributed by atoms with Crippen LogP contribution in [0.5, 0.6) is 0 Å². The average molecular weight is 523 g/mol. The number of methoxy groups -OCH3 is 1. The van der Waals surface area contributed by atoms with Crippen LogP contribution in [0.3, 0.4) is 0 Å². The lowest BCUT2D eigenvalue weighted by Crippen LogP contribution is -2.63. The van der Waals surface area contributed by atoms with Gasteiger partial charge in [0.05, 0.1) is 24.0 Å². The number of aliphatic carboxylic acids is 2. The molecular formula is C23H38O13. The van der Waals surface area contributed by atoms with Crippen molar-refractivity contribution in [2.75, 3.05) is 13.7 Å². The van der Waals surface area contributed by atoms with E-state index in [0.717, 1.165) is 0 Å². The van der Waals surface area contributed by atoms with Gasteiger partial charge in [-0.2, -0.15) is 0 Å². The quantitative estimate of drug-likeness (QED) is 0.215. The number of carboxylic acid groups (broad SMARTS) is 2. The Bertz CT molecular complexity index is 760. The Labute approximate surface area is 209 Å². The van der Waals surface area contributed by atoms with Crippen molar-refractivity contribution in [2.45, 2.75) is 95.7 Å². The van der Waals surface area contributed by atoms with Crippen molar-refractivity contribution in [1.82, 2.24) is 0 Å². The largest absolute Gasteiger partial charge is 0.481 e. The molecule has 2 saturated heterocycles. The second-order valence-electron chi connectivity index (χ2n) is 9.43. The summed E-state index contributed by atoms with van der Waals surface area (Å²) >= 11 is 0. The minimum absolute atomic E-state index is 0.312. The minimum atomic E-state index is -1.67. The normalized spacial score (nSPS) is 38.7. The standard InChI is InChI=1S/C23H38O13/c1-6-7-12(10(3)20(27)28)22(31)33-8-13-14(24)17(9(2)11(4)34-13)35-23-16(26)15(25)18(32-5)19(36-23)21(29)30/h9-19,23-26H,6-8H2,1-5H3,(H,27,28)(H,29,30)/t9?,10-,11+,12?,13?,14?,15?,16?,17?,18?,19?,23?/m0/s1. The lowest BCUT2D eigenvalue weighted by atomic mass is 9.88. The molecule has 0 aromatic heterocycles. The van der Waals surface area contributed by atoms with Crippen LogP contribution in [0.2, 0.25) is 0 Å². The third kappa shape index (κ3) is 6.71. The van der Waals surface area contributed by atoms with Gasteiger partial charge < -0.3 is 49.2 Å². The number of hydrogen-bond donors (Lipinski definition) is 5. The summed E-state index contributed by atoms with van der Waals surface area (Å²) in [5.41, 5.74) is 0. The van der Waals surface area contributed by atoms with Gasteiger partial charge in [0.2, 0.25) is 0 Å². The van der Waals surface area contributed by atoms with E-state index in [4.69, 9.17) is 23.7 Å². The summed E-state index contributed by atoms with van der Waals surface area (Å²) in [6.07, 6.45) is -11.0. The van der Waals surface area contributed by atoms with Gasteiger partial charge in [0.1, 0.15) is 37.1 Å². The van der Waals surface area contributed by atoms with Gasteiger partial charge in [-0.05, 0) is 13.3 Å². The summed E-state index contributed by atoms with van der Waals surface area (Å²) in [4.78, 5) is 35.5. The average Bonchev–Trinajstić information content (AvgIpc) is 2.83. The van der Waals surface area contributed by atoms with E-state index in [9.17, 15) is 39.9 Å². The number of aliphatic hydroxyl groups is 3. The summed E-state index contributed by atoms with van der Waals surface area (Å²) < 4.78 is 27.2. The molecular weight excluding hydrogens is 484 g/mol. The molecule has 5 N–H and O–H groups in total. The van der Waals surface area contributed by atoms with Crippen molar-refractivity contribution in [2.24, 2.45) is 17.8 Å². The fourth-order valence-electron chi connectivity index (χ4n) is 4.50. The Balaban J connectivity index is 2.12. The molecule has 0 aliphatic carbocycles. The molecule has 0 bridgehead atoms. The monoisotopic (exact) mass is 522 g/mol. The predicted molar refractivity (Wildman–Crippen MR) is 120 cm³/mol. The van der Waals surface area contributed by atoms with Crippen LogP contribution in [0.25, 0.3) is 0 Å². The molecule has 208 valence electrons. The molecule has 2 aliphatic heterocycles. The molecule has 10 unspecified atom stereocenters.